The van der Waals surface area contributed by atoms with E-state index in [9.17, 15) is 4.79 Å². The number of rotatable bonds is 4. The smallest absolute Gasteiger partial charge is 0.328 e. The average molecular weight is 336 g/mol. The first-order valence-corrected chi connectivity index (χ1v) is 7.80. The van der Waals surface area contributed by atoms with E-state index >= 15 is 0 Å². The average Bonchev–Trinajstić information content (AvgIpc) is 3.21. The fraction of sp³-hybridized carbons (Fsp3) is 0.167. The van der Waals surface area contributed by atoms with E-state index in [1.54, 1.807) is 23.2 Å². The summed E-state index contributed by atoms with van der Waals surface area (Å²) < 4.78 is 14.1. The van der Waals surface area contributed by atoms with Crippen LogP contribution >= 0.6 is 0 Å². The van der Waals surface area contributed by atoms with Crippen LogP contribution in [0.5, 0.6) is 5.75 Å². The summed E-state index contributed by atoms with van der Waals surface area (Å²) in [7, 11) is 3.48. The zero-order chi connectivity index (χ0) is 17.4. The molecule has 2 heterocycles. The predicted octanol–water partition coefficient (Wildman–Crippen LogP) is 2.51. The lowest BCUT2D eigenvalue weighted by Gasteiger charge is -2.04. The van der Waals surface area contributed by atoms with Gasteiger partial charge >= 0.3 is 5.69 Å². The lowest BCUT2D eigenvalue weighted by atomic mass is 10.2. The Hall–Kier alpha value is -3.35. The molecule has 0 spiro atoms. The highest BCUT2D eigenvalue weighted by Gasteiger charge is 2.11. The van der Waals surface area contributed by atoms with E-state index in [1.165, 1.54) is 0 Å². The van der Waals surface area contributed by atoms with E-state index in [4.69, 9.17) is 9.26 Å². The first-order chi connectivity index (χ1) is 12.1. The van der Waals surface area contributed by atoms with Crippen LogP contribution in [-0.4, -0.2) is 19.3 Å². The fourth-order valence-electron chi connectivity index (χ4n) is 2.74. The van der Waals surface area contributed by atoms with E-state index < -0.39 is 0 Å². The molecule has 4 aromatic rings. The van der Waals surface area contributed by atoms with Crippen molar-refractivity contribution in [2.45, 2.75) is 6.61 Å². The van der Waals surface area contributed by atoms with Gasteiger partial charge in [0.2, 0.25) is 5.82 Å². The molecule has 0 saturated carbocycles. The van der Waals surface area contributed by atoms with Gasteiger partial charge in [-0.25, -0.2) is 4.79 Å². The molecule has 0 aliphatic rings. The first kappa shape index (κ1) is 15.2. The Kier molecular flexibility index (Phi) is 3.61. The van der Waals surface area contributed by atoms with Crippen LogP contribution in [-0.2, 0) is 20.7 Å². The number of imidazole rings is 1. The normalized spacial score (nSPS) is 11.1. The maximum Gasteiger partial charge on any atom is 0.328 e. The van der Waals surface area contributed by atoms with Crippen LogP contribution in [0.4, 0.5) is 0 Å². The van der Waals surface area contributed by atoms with Gasteiger partial charge in [0.05, 0.1) is 11.0 Å². The summed E-state index contributed by atoms with van der Waals surface area (Å²) in [6.07, 6.45) is 0. The molecule has 0 saturated heterocycles. The third kappa shape index (κ3) is 2.69. The molecule has 0 radical (unpaired) electrons. The zero-order valence-electron chi connectivity index (χ0n) is 13.8. The van der Waals surface area contributed by atoms with Crippen molar-refractivity contribution in [3.63, 3.8) is 0 Å². The second kappa shape index (κ2) is 5.94. The minimum atomic E-state index is -0.0726. The van der Waals surface area contributed by atoms with E-state index in [0.717, 1.165) is 16.6 Å². The Morgan fingerprint density at radius 3 is 2.60 bits per heavy atom. The number of aryl methyl sites for hydroxylation is 2. The van der Waals surface area contributed by atoms with Crippen molar-refractivity contribution >= 4 is 11.0 Å². The Morgan fingerprint density at radius 1 is 1.04 bits per heavy atom. The molecule has 0 unspecified atom stereocenters. The van der Waals surface area contributed by atoms with Gasteiger partial charge in [0.1, 0.15) is 5.75 Å². The number of ether oxygens (including phenoxy) is 1. The second-order valence-corrected chi connectivity index (χ2v) is 5.72. The van der Waals surface area contributed by atoms with Gasteiger partial charge in [0.15, 0.2) is 6.61 Å². The van der Waals surface area contributed by atoms with Gasteiger partial charge in [0, 0.05) is 25.7 Å². The largest absolute Gasteiger partial charge is 0.484 e. The van der Waals surface area contributed by atoms with E-state index in [1.807, 2.05) is 48.5 Å². The van der Waals surface area contributed by atoms with Crippen LogP contribution in [0.1, 0.15) is 5.89 Å². The lowest BCUT2D eigenvalue weighted by molar-refractivity contribution is 0.243. The molecular weight excluding hydrogens is 320 g/mol. The summed E-state index contributed by atoms with van der Waals surface area (Å²) in [4.78, 5) is 16.3. The molecule has 4 rings (SSSR count). The van der Waals surface area contributed by atoms with Crippen molar-refractivity contribution < 1.29 is 9.26 Å². The minimum Gasteiger partial charge on any atom is -0.484 e. The molecule has 0 atom stereocenters. The van der Waals surface area contributed by atoms with Crippen molar-refractivity contribution in [1.82, 2.24) is 19.3 Å². The number of hydrogen-bond donors (Lipinski definition) is 0. The van der Waals surface area contributed by atoms with Gasteiger partial charge in [-0.2, -0.15) is 4.98 Å². The van der Waals surface area contributed by atoms with Gasteiger partial charge in [-0.15, -0.1) is 0 Å². The topological polar surface area (TPSA) is 75.1 Å². The van der Waals surface area contributed by atoms with Crippen LogP contribution in [0.3, 0.4) is 0 Å². The number of aromatic nitrogens is 4. The highest BCUT2D eigenvalue weighted by Crippen LogP contribution is 2.21. The van der Waals surface area contributed by atoms with E-state index in [-0.39, 0.29) is 12.3 Å². The molecule has 0 amide bonds. The molecule has 0 aliphatic heterocycles. The summed E-state index contributed by atoms with van der Waals surface area (Å²) in [6.45, 7) is 0.159. The van der Waals surface area contributed by atoms with Crippen LogP contribution in [0.25, 0.3) is 22.4 Å². The number of nitrogens with zero attached hydrogens (tertiary/aromatic N) is 4. The van der Waals surface area contributed by atoms with E-state index in [2.05, 4.69) is 10.1 Å². The molecule has 2 aromatic heterocycles. The summed E-state index contributed by atoms with van der Waals surface area (Å²) >= 11 is 0. The van der Waals surface area contributed by atoms with Crippen LogP contribution in [0.15, 0.2) is 57.8 Å². The lowest BCUT2D eigenvalue weighted by Crippen LogP contribution is -2.19. The first-order valence-electron chi connectivity index (χ1n) is 7.80. The van der Waals surface area contributed by atoms with Gasteiger partial charge < -0.3 is 9.26 Å². The Morgan fingerprint density at radius 2 is 1.80 bits per heavy atom. The quantitative estimate of drug-likeness (QED) is 0.572. The highest BCUT2D eigenvalue weighted by atomic mass is 16.5. The van der Waals surface area contributed by atoms with E-state index in [0.29, 0.717) is 17.5 Å². The Labute approximate surface area is 143 Å². The number of benzene rings is 2. The molecule has 0 fully saturated rings. The molecule has 2 aromatic carbocycles. The van der Waals surface area contributed by atoms with Crippen molar-refractivity contribution in [1.29, 1.82) is 0 Å². The zero-order valence-corrected chi connectivity index (χ0v) is 13.8. The molecule has 0 N–H and O–H groups in total. The highest BCUT2D eigenvalue weighted by molar-refractivity contribution is 5.77. The summed E-state index contributed by atoms with van der Waals surface area (Å²) in [5.74, 6) is 1.55. The molecule has 25 heavy (non-hydrogen) atoms. The Bertz CT molecular complexity index is 1090. The Balaban J connectivity index is 1.54. The maximum atomic E-state index is 12.0. The van der Waals surface area contributed by atoms with Crippen molar-refractivity contribution in [3.8, 4) is 17.1 Å². The molecule has 7 nitrogen and oxygen atoms in total. The van der Waals surface area contributed by atoms with Crippen molar-refractivity contribution in [2.24, 2.45) is 14.1 Å². The molecular formula is C18H16N4O3. The number of fused-ring (bicyclic) bond motifs is 1. The molecule has 0 bridgehead atoms. The second-order valence-electron chi connectivity index (χ2n) is 5.72. The van der Waals surface area contributed by atoms with Crippen LogP contribution < -0.4 is 10.4 Å². The van der Waals surface area contributed by atoms with Gasteiger partial charge in [0.25, 0.3) is 5.89 Å². The standard InChI is InChI=1S/C18H16N4O3/c1-21-14-9-8-13(10-15(14)22(2)18(21)23)24-11-16-19-17(20-25-16)12-6-4-3-5-7-12/h3-10H,11H2,1-2H3. The summed E-state index contributed by atoms with van der Waals surface area (Å²) in [5, 5.41) is 3.96. The maximum absolute atomic E-state index is 12.0. The third-order valence-corrected chi connectivity index (χ3v) is 4.11. The van der Waals surface area contributed by atoms with Crippen LogP contribution in [0.2, 0.25) is 0 Å². The van der Waals surface area contributed by atoms with Gasteiger partial charge in [-0.1, -0.05) is 35.5 Å². The van der Waals surface area contributed by atoms with Crippen molar-refractivity contribution in [2.75, 3.05) is 0 Å². The molecule has 126 valence electrons. The SMILES string of the molecule is Cn1c(=O)n(C)c2cc(OCc3nc(-c4ccccc4)no3)ccc21. The summed E-state index contributed by atoms with van der Waals surface area (Å²) in [5.41, 5.74) is 2.47. The monoisotopic (exact) mass is 336 g/mol. The van der Waals surface area contributed by atoms with Crippen LogP contribution in [0, 0.1) is 0 Å². The van der Waals surface area contributed by atoms with Crippen molar-refractivity contribution in [3.05, 3.63) is 64.9 Å². The number of hydrogen-bond acceptors (Lipinski definition) is 5. The fourth-order valence-corrected chi connectivity index (χ4v) is 2.74. The molecule has 7 heteroatoms. The van der Waals surface area contributed by atoms with Gasteiger partial charge in [-0.3, -0.25) is 9.13 Å². The summed E-state index contributed by atoms with van der Waals surface area (Å²) in [6, 6.07) is 15.1. The predicted molar refractivity (Wildman–Crippen MR) is 92.2 cm³/mol. The third-order valence-electron chi connectivity index (χ3n) is 4.11. The molecule has 0 aliphatic carbocycles. The van der Waals surface area contributed by atoms with Gasteiger partial charge in [-0.05, 0) is 12.1 Å². The minimum absolute atomic E-state index is 0.0726.